The molecule has 5 nitrogen and oxygen atoms in total. The number of anilines is 1. The molecule has 0 aliphatic heterocycles. The minimum absolute atomic E-state index is 0.370. The highest BCUT2D eigenvalue weighted by molar-refractivity contribution is 5.94. The number of hydrogen-bond acceptors (Lipinski definition) is 4. The van der Waals surface area contributed by atoms with Crippen LogP contribution in [-0.2, 0) is 0 Å². The van der Waals surface area contributed by atoms with E-state index in [-0.39, 0.29) is 0 Å². The Labute approximate surface area is 135 Å². The Balaban J connectivity index is 1.67. The van der Waals surface area contributed by atoms with Gasteiger partial charge in [0.05, 0.1) is 11.7 Å². The van der Waals surface area contributed by atoms with Crippen LogP contribution in [0.3, 0.4) is 0 Å². The molecule has 0 atom stereocenters. The zero-order chi connectivity index (χ0) is 15.6. The van der Waals surface area contributed by atoms with Gasteiger partial charge in [0.15, 0.2) is 0 Å². The summed E-state index contributed by atoms with van der Waals surface area (Å²) in [4.78, 5) is 4.49. The molecule has 0 unspecified atom stereocenters. The van der Waals surface area contributed by atoms with Gasteiger partial charge in [0.2, 0.25) is 0 Å². The Kier molecular flexibility index (Phi) is 3.71. The Hall–Kier alpha value is -2.40. The zero-order valence-corrected chi connectivity index (χ0v) is 13.0. The molecule has 0 saturated heterocycles. The maximum absolute atomic E-state index is 6.01. The van der Waals surface area contributed by atoms with Crippen LogP contribution in [0.5, 0.6) is 0 Å². The first-order valence-corrected chi connectivity index (χ1v) is 8.19. The summed E-state index contributed by atoms with van der Waals surface area (Å²) in [6, 6.07) is 9.27. The first-order valence-electron chi connectivity index (χ1n) is 8.19. The van der Waals surface area contributed by atoms with Crippen LogP contribution in [0.4, 0.5) is 5.69 Å². The molecule has 3 aromatic rings. The molecule has 1 aromatic carbocycles. The van der Waals surface area contributed by atoms with Gasteiger partial charge < -0.3 is 11.1 Å². The van der Waals surface area contributed by atoms with Crippen molar-refractivity contribution in [3.05, 3.63) is 42.9 Å². The number of benzene rings is 1. The summed E-state index contributed by atoms with van der Waals surface area (Å²) in [6.45, 7) is 0. The number of aromatic nitrogens is 3. The number of nitrogens with one attached hydrogen (secondary N) is 2. The standard InChI is InChI=1S/C18H21N5/c19-14-2-4-15(5-3-14)23-18-7-8-20-17-6-1-12(9-16(17)18)13-10-21-22-11-13/h1,6-11,14-15H,2-5,19H2,(H,20,23)(H,21,22). The van der Waals surface area contributed by atoms with E-state index in [0.717, 1.165) is 53.4 Å². The second-order valence-corrected chi connectivity index (χ2v) is 6.33. The second kappa shape index (κ2) is 6.01. The van der Waals surface area contributed by atoms with Crippen molar-refractivity contribution in [1.82, 2.24) is 15.2 Å². The number of pyridine rings is 1. The molecular formula is C18H21N5. The van der Waals surface area contributed by atoms with E-state index in [0.29, 0.717) is 12.1 Å². The number of hydrogen-bond donors (Lipinski definition) is 3. The quantitative estimate of drug-likeness (QED) is 0.693. The molecule has 2 heterocycles. The smallest absolute Gasteiger partial charge is 0.0723 e. The lowest BCUT2D eigenvalue weighted by molar-refractivity contribution is 0.411. The third-order valence-corrected chi connectivity index (χ3v) is 4.70. The Bertz CT molecular complexity index is 788. The van der Waals surface area contributed by atoms with Crippen molar-refractivity contribution in [3.8, 4) is 11.1 Å². The SMILES string of the molecule is NC1CCC(Nc2ccnc3ccc(-c4cn[nH]c4)cc23)CC1. The van der Waals surface area contributed by atoms with E-state index in [9.17, 15) is 0 Å². The maximum Gasteiger partial charge on any atom is 0.0723 e. The van der Waals surface area contributed by atoms with Crippen LogP contribution < -0.4 is 11.1 Å². The molecule has 1 saturated carbocycles. The molecule has 1 fully saturated rings. The van der Waals surface area contributed by atoms with Crippen LogP contribution in [0.2, 0.25) is 0 Å². The summed E-state index contributed by atoms with van der Waals surface area (Å²) in [5, 5.41) is 11.8. The van der Waals surface area contributed by atoms with E-state index >= 15 is 0 Å². The van der Waals surface area contributed by atoms with Crippen molar-refractivity contribution >= 4 is 16.6 Å². The average molecular weight is 307 g/mol. The number of nitrogens with zero attached hydrogens (tertiary/aromatic N) is 2. The summed E-state index contributed by atoms with van der Waals surface area (Å²) < 4.78 is 0. The van der Waals surface area contributed by atoms with Crippen LogP contribution in [0.25, 0.3) is 22.0 Å². The van der Waals surface area contributed by atoms with Gasteiger partial charge in [0, 0.05) is 41.1 Å². The highest BCUT2D eigenvalue weighted by atomic mass is 15.1. The lowest BCUT2D eigenvalue weighted by Gasteiger charge is -2.28. The Morgan fingerprint density at radius 1 is 1.09 bits per heavy atom. The van der Waals surface area contributed by atoms with E-state index in [1.54, 1.807) is 0 Å². The fourth-order valence-corrected chi connectivity index (χ4v) is 3.34. The number of H-pyrrole nitrogens is 1. The maximum atomic E-state index is 6.01. The van der Waals surface area contributed by atoms with Gasteiger partial charge in [-0.15, -0.1) is 0 Å². The van der Waals surface area contributed by atoms with Crippen molar-refractivity contribution < 1.29 is 0 Å². The highest BCUT2D eigenvalue weighted by Gasteiger charge is 2.19. The van der Waals surface area contributed by atoms with Crippen LogP contribution in [0, 0.1) is 0 Å². The second-order valence-electron chi connectivity index (χ2n) is 6.33. The molecular weight excluding hydrogens is 286 g/mol. The van der Waals surface area contributed by atoms with Crippen molar-refractivity contribution in [2.75, 3.05) is 5.32 Å². The van der Waals surface area contributed by atoms with Crippen LogP contribution in [-0.4, -0.2) is 27.3 Å². The number of fused-ring (bicyclic) bond motifs is 1. The Morgan fingerprint density at radius 2 is 1.96 bits per heavy atom. The first kappa shape index (κ1) is 14.2. The fourth-order valence-electron chi connectivity index (χ4n) is 3.34. The number of nitrogens with two attached hydrogens (primary N) is 1. The van der Waals surface area contributed by atoms with Crippen LogP contribution in [0.15, 0.2) is 42.9 Å². The summed E-state index contributed by atoms with van der Waals surface area (Å²) in [5.74, 6) is 0. The molecule has 0 amide bonds. The summed E-state index contributed by atoms with van der Waals surface area (Å²) in [7, 11) is 0. The summed E-state index contributed by atoms with van der Waals surface area (Å²) >= 11 is 0. The minimum Gasteiger partial charge on any atom is -0.382 e. The van der Waals surface area contributed by atoms with Gasteiger partial charge in [0.1, 0.15) is 0 Å². The topological polar surface area (TPSA) is 79.6 Å². The zero-order valence-electron chi connectivity index (χ0n) is 13.0. The molecule has 0 spiro atoms. The normalized spacial score (nSPS) is 21.4. The third-order valence-electron chi connectivity index (χ3n) is 4.70. The molecule has 4 N–H and O–H groups in total. The molecule has 5 heteroatoms. The van der Waals surface area contributed by atoms with Gasteiger partial charge in [-0.3, -0.25) is 10.1 Å². The molecule has 0 radical (unpaired) electrons. The molecule has 0 bridgehead atoms. The number of rotatable bonds is 3. The van der Waals surface area contributed by atoms with Crippen LogP contribution in [0.1, 0.15) is 25.7 Å². The lowest BCUT2D eigenvalue weighted by atomic mass is 9.91. The van der Waals surface area contributed by atoms with E-state index in [2.05, 4.69) is 44.8 Å². The van der Waals surface area contributed by atoms with Crippen LogP contribution >= 0.6 is 0 Å². The lowest BCUT2D eigenvalue weighted by Crippen LogP contribution is -2.32. The van der Waals surface area contributed by atoms with Gasteiger partial charge in [-0.2, -0.15) is 5.10 Å². The minimum atomic E-state index is 0.370. The van der Waals surface area contributed by atoms with E-state index < -0.39 is 0 Å². The molecule has 118 valence electrons. The summed E-state index contributed by atoms with van der Waals surface area (Å²) in [5.41, 5.74) is 10.4. The predicted octanol–water partition coefficient (Wildman–Crippen LogP) is 3.31. The molecule has 4 rings (SSSR count). The van der Waals surface area contributed by atoms with Gasteiger partial charge >= 0.3 is 0 Å². The molecule has 2 aromatic heterocycles. The third kappa shape index (κ3) is 2.92. The molecule has 1 aliphatic carbocycles. The number of aromatic amines is 1. The largest absolute Gasteiger partial charge is 0.382 e. The van der Waals surface area contributed by atoms with E-state index in [1.807, 2.05) is 18.6 Å². The Morgan fingerprint density at radius 3 is 2.74 bits per heavy atom. The van der Waals surface area contributed by atoms with Crippen molar-refractivity contribution in [1.29, 1.82) is 0 Å². The monoisotopic (exact) mass is 307 g/mol. The van der Waals surface area contributed by atoms with Crippen molar-refractivity contribution in [2.24, 2.45) is 5.73 Å². The van der Waals surface area contributed by atoms with E-state index in [1.165, 1.54) is 0 Å². The highest BCUT2D eigenvalue weighted by Crippen LogP contribution is 2.29. The van der Waals surface area contributed by atoms with Gasteiger partial charge in [-0.25, -0.2) is 0 Å². The van der Waals surface area contributed by atoms with Gasteiger partial charge in [-0.05, 0) is 49.4 Å². The van der Waals surface area contributed by atoms with E-state index in [4.69, 9.17) is 5.73 Å². The molecule has 1 aliphatic rings. The average Bonchev–Trinajstić information content (AvgIpc) is 3.11. The fraction of sp³-hybridized carbons (Fsp3) is 0.333. The van der Waals surface area contributed by atoms with Crippen molar-refractivity contribution in [2.45, 2.75) is 37.8 Å². The predicted molar refractivity (Wildman–Crippen MR) is 93.2 cm³/mol. The molecule has 23 heavy (non-hydrogen) atoms. The van der Waals surface area contributed by atoms with Crippen molar-refractivity contribution in [3.63, 3.8) is 0 Å². The van der Waals surface area contributed by atoms with Gasteiger partial charge in [0.25, 0.3) is 0 Å². The van der Waals surface area contributed by atoms with Gasteiger partial charge in [-0.1, -0.05) is 6.07 Å². The first-order chi connectivity index (χ1) is 11.3. The summed E-state index contributed by atoms with van der Waals surface area (Å²) in [6.07, 6.45) is 10.1.